The lowest BCUT2D eigenvalue weighted by atomic mass is 9.97. The first kappa shape index (κ1) is 16.2. The van der Waals surface area contributed by atoms with E-state index < -0.39 is 9.84 Å². The third kappa shape index (κ3) is 6.21. The molecule has 0 aliphatic rings. The van der Waals surface area contributed by atoms with Crippen LogP contribution in [0.4, 0.5) is 0 Å². The number of aryl methyl sites for hydroxylation is 1. The zero-order valence-corrected chi connectivity index (χ0v) is 13.0. The van der Waals surface area contributed by atoms with Crippen LogP contribution in [0, 0.1) is 6.92 Å². The summed E-state index contributed by atoms with van der Waals surface area (Å²) in [7, 11) is -2.86. The van der Waals surface area contributed by atoms with Gasteiger partial charge in [-0.2, -0.15) is 0 Å². The fraction of sp³-hybridized carbons (Fsp3) is 0.600. The first-order valence-electron chi connectivity index (χ1n) is 6.90. The summed E-state index contributed by atoms with van der Waals surface area (Å²) in [6, 6.07) is 8.56. The standard InChI is InChI=1S/C15H25NO2S/c1-4-11-16-15(10-7-12-19(3,17)18)14-9-6-5-8-13(14)2/h5-6,8-9,15-16H,4,7,10-12H2,1-3H3. The van der Waals surface area contributed by atoms with Crippen molar-refractivity contribution in [3.8, 4) is 0 Å². The van der Waals surface area contributed by atoms with Crippen molar-refractivity contribution in [3.63, 3.8) is 0 Å². The van der Waals surface area contributed by atoms with Gasteiger partial charge in [-0.1, -0.05) is 31.2 Å². The van der Waals surface area contributed by atoms with Crippen molar-refractivity contribution in [2.75, 3.05) is 18.6 Å². The molecule has 1 unspecified atom stereocenters. The predicted molar refractivity (Wildman–Crippen MR) is 81.2 cm³/mol. The lowest BCUT2D eigenvalue weighted by molar-refractivity contribution is 0.490. The molecule has 1 aromatic rings. The Labute approximate surface area is 117 Å². The van der Waals surface area contributed by atoms with Crippen molar-refractivity contribution in [1.82, 2.24) is 5.32 Å². The molecule has 0 saturated carbocycles. The van der Waals surface area contributed by atoms with Crippen LogP contribution in [0.5, 0.6) is 0 Å². The monoisotopic (exact) mass is 283 g/mol. The molecule has 0 aliphatic heterocycles. The number of nitrogens with one attached hydrogen (secondary N) is 1. The summed E-state index contributed by atoms with van der Waals surface area (Å²) in [4.78, 5) is 0. The first-order valence-corrected chi connectivity index (χ1v) is 8.96. The highest BCUT2D eigenvalue weighted by Gasteiger charge is 2.13. The molecule has 0 aliphatic carbocycles. The van der Waals surface area contributed by atoms with Gasteiger partial charge in [0.2, 0.25) is 0 Å². The average molecular weight is 283 g/mol. The van der Waals surface area contributed by atoms with Gasteiger partial charge >= 0.3 is 0 Å². The van der Waals surface area contributed by atoms with Crippen LogP contribution in [0.15, 0.2) is 24.3 Å². The van der Waals surface area contributed by atoms with Crippen LogP contribution >= 0.6 is 0 Å². The minimum atomic E-state index is -2.86. The summed E-state index contributed by atoms with van der Waals surface area (Å²) in [5, 5.41) is 3.52. The molecule has 0 spiro atoms. The quantitative estimate of drug-likeness (QED) is 0.798. The molecule has 0 fully saturated rings. The van der Waals surface area contributed by atoms with Gasteiger partial charge in [-0.15, -0.1) is 0 Å². The zero-order chi connectivity index (χ0) is 14.3. The van der Waals surface area contributed by atoms with E-state index in [9.17, 15) is 8.42 Å². The van der Waals surface area contributed by atoms with E-state index >= 15 is 0 Å². The van der Waals surface area contributed by atoms with Crippen LogP contribution in [0.1, 0.15) is 43.4 Å². The Morgan fingerprint density at radius 1 is 1.26 bits per heavy atom. The summed E-state index contributed by atoms with van der Waals surface area (Å²) < 4.78 is 22.4. The molecule has 0 saturated heterocycles. The maximum absolute atomic E-state index is 11.2. The van der Waals surface area contributed by atoms with Gasteiger partial charge in [0.25, 0.3) is 0 Å². The summed E-state index contributed by atoms with van der Waals surface area (Å²) in [6.45, 7) is 5.20. The second-order valence-electron chi connectivity index (χ2n) is 5.14. The maximum atomic E-state index is 11.2. The van der Waals surface area contributed by atoms with Crippen LogP contribution in [-0.2, 0) is 9.84 Å². The molecule has 0 amide bonds. The van der Waals surface area contributed by atoms with E-state index in [2.05, 4.69) is 31.3 Å². The molecule has 108 valence electrons. The van der Waals surface area contributed by atoms with Gasteiger partial charge in [-0.05, 0) is 43.9 Å². The smallest absolute Gasteiger partial charge is 0.147 e. The predicted octanol–water partition coefficient (Wildman–Crippen LogP) is 2.86. The first-order chi connectivity index (χ1) is 8.94. The minimum absolute atomic E-state index is 0.253. The fourth-order valence-electron chi connectivity index (χ4n) is 2.21. The van der Waals surface area contributed by atoms with E-state index in [1.54, 1.807) is 0 Å². The van der Waals surface area contributed by atoms with Gasteiger partial charge < -0.3 is 5.32 Å². The second kappa shape index (κ2) is 7.65. The number of sulfone groups is 1. The molecule has 0 bridgehead atoms. The Bertz CT molecular complexity index is 483. The van der Waals surface area contributed by atoms with E-state index in [0.29, 0.717) is 6.42 Å². The molecule has 0 heterocycles. The van der Waals surface area contributed by atoms with Crippen LogP contribution in [0.2, 0.25) is 0 Å². The van der Waals surface area contributed by atoms with Gasteiger partial charge in [-0.3, -0.25) is 0 Å². The zero-order valence-electron chi connectivity index (χ0n) is 12.1. The van der Waals surface area contributed by atoms with Crippen molar-refractivity contribution < 1.29 is 8.42 Å². The number of rotatable bonds is 8. The molecule has 19 heavy (non-hydrogen) atoms. The van der Waals surface area contributed by atoms with Crippen LogP contribution < -0.4 is 5.32 Å². The number of hydrogen-bond acceptors (Lipinski definition) is 3. The van der Waals surface area contributed by atoms with E-state index in [1.165, 1.54) is 17.4 Å². The summed E-state index contributed by atoms with van der Waals surface area (Å²) in [5.41, 5.74) is 2.54. The van der Waals surface area contributed by atoms with Crippen LogP contribution in [0.25, 0.3) is 0 Å². The molecule has 1 N–H and O–H groups in total. The summed E-state index contributed by atoms with van der Waals surface area (Å²) in [5.74, 6) is 0.267. The average Bonchev–Trinajstić information content (AvgIpc) is 2.33. The van der Waals surface area contributed by atoms with E-state index in [4.69, 9.17) is 0 Å². The van der Waals surface area contributed by atoms with Crippen molar-refractivity contribution in [2.24, 2.45) is 0 Å². The van der Waals surface area contributed by atoms with Gasteiger partial charge in [0.1, 0.15) is 9.84 Å². The van der Waals surface area contributed by atoms with Crippen molar-refractivity contribution in [3.05, 3.63) is 35.4 Å². The number of benzene rings is 1. The fourth-order valence-corrected chi connectivity index (χ4v) is 2.90. The SMILES string of the molecule is CCCNC(CCCS(C)(=O)=O)c1ccccc1C. The van der Waals surface area contributed by atoms with Gasteiger partial charge in [0.15, 0.2) is 0 Å². The molecule has 4 heteroatoms. The third-order valence-electron chi connectivity index (χ3n) is 3.21. The second-order valence-corrected chi connectivity index (χ2v) is 7.40. The largest absolute Gasteiger partial charge is 0.310 e. The molecule has 0 aromatic heterocycles. The third-order valence-corrected chi connectivity index (χ3v) is 4.24. The minimum Gasteiger partial charge on any atom is -0.310 e. The summed E-state index contributed by atoms with van der Waals surface area (Å²) >= 11 is 0. The van der Waals surface area contributed by atoms with Crippen molar-refractivity contribution >= 4 is 9.84 Å². The van der Waals surface area contributed by atoms with E-state index in [1.807, 2.05) is 12.1 Å². The van der Waals surface area contributed by atoms with Gasteiger partial charge in [-0.25, -0.2) is 8.42 Å². The number of hydrogen-bond donors (Lipinski definition) is 1. The van der Waals surface area contributed by atoms with Crippen LogP contribution in [0.3, 0.4) is 0 Å². The van der Waals surface area contributed by atoms with E-state index in [-0.39, 0.29) is 11.8 Å². The Morgan fingerprint density at radius 3 is 2.53 bits per heavy atom. The molecule has 1 aromatic carbocycles. The Balaban J connectivity index is 2.69. The highest BCUT2D eigenvalue weighted by molar-refractivity contribution is 7.90. The highest BCUT2D eigenvalue weighted by atomic mass is 32.2. The van der Waals surface area contributed by atoms with Crippen molar-refractivity contribution in [1.29, 1.82) is 0 Å². The Morgan fingerprint density at radius 2 is 1.95 bits per heavy atom. The Kier molecular flexibility index (Phi) is 6.52. The van der Waals surface area contributed by atoms with Crippen LogP contribution in [-0.4, -0.2) is 27.0 Å². The van der Waals surface area contributed by atoms with Gasteiger partial charge in [0.05, 0.1) is 0 Å². The molecule has 1 rings (SSSR count). The topological polar surface area (TPSA) is 46.2 Å². The highest BCUT2D eigenvalue weighted by Crippen LogP contribution is 2.22. The normalized spacial score (nSPS) is 13.4. The molecular weight excluding hydrogens is 258 g/mol. The van der Waals surface area contributed by atoms with E-state index in [0.717, 1.165) is 19.4 Å². The maximum Gasteiger partial charge on any atom is 0.147 e. The molecule has 0 radical (unpaired) electrons. The molecule has 3 nitrogen and oxygen atoms in total. The lowest BCUT2D eigenvalue weighted by Gasteiger charge is -2.20. The Hall–Kier alpha value is -0.870. The molecule has 1 atom stereocenters. The lowest BCUT2D eigenvalue weighted by Crippen LogP contribution is -2.23. The van der Waals surface area contributed by atoms with Crippen molar-refractivity contribution in [2.45, 2.75) is 39.2 Å². The summed E-state index contributed by atoms with van der Waals surface area (Å²) in [6.07, 6.45) is 3.94. The van der Waals surface area contributed by atoms with Gasteiger partial charge in [0, 0.05) is 18.1 Å². The molecular formula is C15H25NO2S.